The molecule has 5 rings (SSSR count). The van der Waals surface area contributed by atoms with E-state index in [9.17, 15) is 4.79 Å². The minimum Gasteiger partial charge on any atom is -0.478 e. The van der Waals surface area contributed by atoms with E-state index >= 15 is 0 Å². The highest BCUT2D eigenvalue weighted by molar-refractivity contribution is 5.74. The third kappa shape index (κ3) is 5.01. The molecule has 0 radical (unpaired) electrons. The molecule has 0 unspecified atom stereocenters. The van der Waals surface area contributed by atoms with Gasteiger partial charge in [0.2, 0.25) is 11.4 Å². The molecule has 2 aliphatic rings. The van der Waals surface area contributed by atoms with E-state index in [1.54, 1.807) is 11.6 Å². The van der Waals surface area contributed by atoms with Crippen LogP contribution in [0.1, 0.15) is 26.2 Å². The number of likely N-dealkylation sites (tertiary alicyclic amines) is 1. The van der Waals surface area contributed by atoms with E-state index < -0.39 is 0 Å². The quantitative estimate of drug-likeness (QED) is 0.546. The zero-order valence-corrected chi connectivity index (χ0v) is 19.1. The summed E-state index contributed by atoms with van der Waals surface area (Å²) in [4.78, 5) is 23.6. The fourth-order valence-electron chi connectivity index (χ4n) is 4.72. The van der Waals surface area contributed by atoms with Gasteiger partial charge in [0.25, 0.3) is 0 Å². The Kier molecular flexibility index (Phi) is 6.26. The Morgan fingerprint density at radius 2 is 1.88 bits per heavy atom. The van der Waals surface area contributed by atoms with Gasteiger partial charge in [0.1, 0.15) is 5.65 Å². The Morgan fingerprint density at radius 3 is 2.76 bits per heavy atom. The number of H-pyrrole nitrogens is 1. The summed E-state index contributed by atoms with van der Waals surface area (Å²) in [5.74, 6) is 0.556. The van der Waals surface area contributed by atoms with Crippen LogP contribution >= 0.6 is 0 Å². The number of rotatable bonds is 7. The molecule has 3 aromatic rings. The number of nitrogens with one attached hydrogen (secondary N) is 1. The molecule has 1 aromatic carbocycles. The number of unbranched alkanes of at least 4 members (excludes halogenated alkanes) is 1. The van der Waals surface area contributed by atoms with Gasteiger partial charge in [-0.3, -0.25) is 9.69 Å². The van der Waals surface area contributed by atoms with Crippen LogP contribution in [-0.2, 0) is 0 Å². The number of piperidine rings is 1. The lowest BCUT2D eigenvalue weighted by Crippen LogP contribution is -2.37. The van der Waals surface area contributed by atoms with Crippen LogP contribution in [0.15, 0.2) is 82.3 Å². The molecule has 0 bridgehead atoms. The van der Waals surface area contributed by atoms with Gasteiger partial charge >= 0.3 is 0 Å². The van der Waals surface area contributed by atoms with Crippen molar-refractivity contribution in [1.29, 1.82) is 0 Å². The number of para-hydroxylation sites is 1. The third-order valence-corrected chi connectivity index (χ3v) is 6.46. The van der Waals surface area contributed by atoms with Crippen LogP contribution in [0, 0.1) is 0 Å². The van der Waals surface area contributed by atoms with E-state index in [0.29, 0.717) is 18.1 Å². The van der Waals surface area contributed by atoms with Gasteiger partial charge in [-0.25, -0.2) is 0 Å². The van der Waals surface area contributed by atoms with Crippen molar-refractivity contribution < 1.29 is 4.74 Å². The second kappa shape index (κ2) is 9.63. The molecule has 33 heavy (non-hydrogen) atoms. The van der Waals surface area contributed by atoms with Gasteiger partial charge < -0.3 is 14.6 Å². The van der Waals surface area contributed by atoms with Crippen LogP contribution in [0.4, 0.5) is 5.69 Å². The van der Waals surface area contributed by atoms with Gasteiger partial charge in [-0.15, -0.1) is 0 Å². The monoisotopic (exact) mass is 442 g/mol. The number of hydrogen-bond acceptors (Lipinski definition) is 5. The number of aromatic nitrogens is 2. The maximum Gasteiger partial charge on any atom is 0.249 e. The van der Waals surface area contributed by atoms with Crippen LogP contribution < -0.4 is 15.2 Å². The number of anilines is 1. The lowest BCUT2D eigenvalue weighted by molar-refractivity contribution is 0.252. The first kappa shape index (κ1) is 21.5. The predicted octanol–water partition coefficient (Wildman–Crippen LogP) is 4.51. The van der Waals surface area contributed by atoms with E-state index in [4.69, 9.17) is 4.74 Å². The fourth-order valence-corrected chi connectivity index (χ4v) is 4.72. The van der Waals surface area contributed by atoms with Crippen molar-refractivity contribution >= 4 is 16.7 Å². The Hall–Kier alpha value is -3.38. The summed E-state index contributed by atoms with van der Waals surface area (Å²) in [5.41, 5.74) is 6.18. The summed E-state index contributed by atoms with van der Waals surface area (Å²) >= 11 is 0. The average molecular weight is 443 g/mol. The molecule has 2 aliphatic heterocycles. The fraction of sp³-hybridized carbons (Fsp3) is 0.333. The van der Waals surface area contributed by atoms with Gasteiger partial charge in [-0.1, -0.05) is 23.8 Å². The maximum atomic E-state index is 11.5. The molecule has 0 amide bonds. The molecule has 2 aromatic heterocycles. The molecule has 170 valence electrons. The van der Waals surface area contributed by atoms with Crippen molar-refractivity contribution in [3.05, 3.63) is 87.9 Å². The molecule has 1 fully saturated rings. The highest BCUT2D eigenvalue weighted by Gasteiger charge is 2.24. The number of aromatic amines is 1. The second-order valence-electron chi connectivity index (χ2n) is 8.87. The van der Waals surface area contributed by atoms with Gasteiger partial charge in [-0.05, 0) is 68.1 Å². The minimum atomic E-state index is -0.151. The lowest BCUT2D eigenvalue weighted by Gasteiger charge is -2.37. The molecule has 1 N–H and O–H groups in total. The summed E-state index contributed by atoms with van der Waals surface area (Å²) in [6.07, 6.45) is 5.54. The molecule has 0 aliphatic carbocycles. The van der Waals surface area contributed by atoms with Crippen LogP contribution in [0.2, 0.25) is 0 Å². The largest absolute Gasteiger partial charge is 0.478 e. The summed E-state index contributed by atoms with van der Waals surface area (Å²) < 4.78 is 5.83. The topological polar surface area (TPSA) is 61.5 Å². The number of nitrogens with zero attached hydrogens (tertiary/aromatic N) is 3. The molecule has 0 saturated carbocycles. The molecule has 0 spiro atoms. The van der Waals surface area contributed by atoms with E-state index in [0.717, 1.165) is 50.8 Å². The second-order valence-corrected chi connectivity index (χ2v) is 8.87. The summed E-state index contributed by atoms with van der Waals surface area (Å²) in [7, 11) is 0. The molecule has 0 atom stereocenters. The van der Waals surface area contributed by atoms with Crippen molar-refractivity contribution in [2.45, 2.75) is 26.2 Å². The summed E-state index contributed by atoms with van der Waals surface area (Å²) in [6, 6.07) is 17.7. The number of pyridine rings is 2. The van der Waals surface area contributed by atoms with Gasteiger partial charge in [0, 0.05) is 49.0 Å². The number of hydrogen-bond donors (Lipinski definition) is 1. The number of benzene rings is 1. The zero-order chi connectivity index (χ0) is 22.6. The van der Waals surface area contributed by atoms with Crippen molar-refractivity contribution in [2.75, 3.05) is 37.7 Å². The van der Waals surface area contributed by atoms with Gasteiger partial charge in [0.15, 0.2) is 0 Å². The van der Waals surface area contributed by atoms with Gasteiger partial charge in [-0.2, -0.15) is 4.98 Å². The third-order valence-electron chi connectivity index (χ3n) is 6.46. The molecular weight excluding hydrogens is 412 g/mol. The molecular formula is C27H30N4O2. The van der Waals surface area contributed by atoms with E-state index in [-0.39, 0.29) is 5.56 Å². The number of ether oxygens (including phenoxy) is 1. The lowest BCUT2D eigenvalue weighted by atomic mass is 9.91. The first-order chi connectivity index (χ1) is 16.2. The van der Waals surface area contributed by atoms with Crippen molar-refractivity contribution in [2.24, 2.45) is 0 Å². The number of fused-ring (bicyclic) bond motifs is 2. The summed E-state index contributed by atoms with van der Waals surface area (Å²) in [6.45, 7) is 7.08. The minimum absolute atomic E-state index is 0.151. The normalized spacial score (nSPS) is 16.6. The average Bonchev–Trinajstić information content (AvgIpc) is 2.84. The smallest absolute Gasteiger partial charge is 0.249 e. The zero-order valence-electron chi connectivity index (χ0n) is 19.1. The Balaban J connectivity index is 1.12. The molecule has 4 heterocycles. The Bertz CT molecular complexity index is 1250. The van der Waals surface area contributed by atoms with E-state index in [1.807, 2.05) is 12.1 Å². The standard InChI is InChI=1S/C27H30N4O2/c1-20-17-31(23-7-3-2-4-8-23)19-22-18-30(15-13-24(20)22)14-5-6-16-33-26-12-10-21-9-11-25(32)28-27(21)29-26/h2-4,7-12,19H,5-6,13-18H2,1H3,(H,28,29,32). The Labute approximate surface area is 194 Å². The van der Waals surface area contributed by atoms with Crippen molar-refractivity contribution in [3.63, 3.8) is 0 Å². The maximum absolute atomic E-state index is 11.5. The van der Waals surface area contributed by atoms with Gasteiger partial charge in [0.05, 0.1) is 6.61 Å². The molecule has 1 saturated heterocycles. The summed E-state index contributed by atoms with van der Waals surface area (Å²) in [5, 5.41) is 0.901. The first-order valence-electron chi connectivity index (χ1n) is 11.7. The van der Waals surface area contributed by atoms with Crippen molar-refractivity contribution in [1.82, 2.24) is 14.9 Å². The van der Waals surface area contributed by atoms with E-state index in [1.165, 1.54) is 22.9 Å². The molecule has 6 heteroatoms. The van der Waals surface area contributed by atoms with Crippen molar-refractivity contribution in [3.8, 4) is 5.88 Å². The van der Waals surface area contributed by atoms with Crippen LogP contribution in [0.3, 0.4) is 0 Å². The van der Waals surface area contributed by atoms with E-state index in [2.05, 4.69) is 63.2 Å². The molecule has 6 nitrogen and oxygen atoms in total. The predicted molar refractivity (Wildman–Crippen MR) is 133 cm³/mol. The van der Waals surface area contributed by atoms with Crippen LogP contribution in [0.25, 0.3) is 11.0 Å². The highest BCUT2D eigenvalue weighted by atomic mass is 16.5. The highest BCUT2D eigenvalue weighted by Crippen LogP contribution is 2.32. The van der Waals surface area contributed by atoms with Crippen LogP contribution in [-0.4, -0.2) is 47.7 Å². The van der Waals surface area contributed by atoms with Crippen LogP contribution in [0.5, 0.6) is 5.88 Å². The Morgan fingerprint density at radius 1 is 1.03 bits per heavy atom. The SMILES string of the molecule is CC1=C2CCN(CCCCOc3ccc4ccc(=O)[nH]c4n3)CC2=CN(c2ccccc2)C1. The first-order valence-corrected chi connectivity index (χ1v) is 11.7.